The van der Waals surface area contributed by atoms with Gasteiger partial charge in [0.15, 0.2) is 11.3 Å². The third-order valence-corrected chi connectivity index (χ3v) is 8.19. The van der Waals surface area contributed by atoms with Crippen LogP contribution in [0.2, 0.25) is 5.02 Å². The first kappa shape index (κ1) is 25.8. The predicted octanol–water partition coefficient (Wildman–Crippen LogP) is 4.27. The SMILES string of the molecule is COc1cc(OC)c(Cl)c(-c2cc3cnc(Nc4ccc(N5CCN6CCOC[C@@H]6C5)cc4)nc3n3cnnc23)c1. The van der Waals surface area contributed by atoms with Crippen molar-refractivity contribution >= 4 is 45.6 Å². The summed E-state index contributed by atoms with van der Waals surface area (Å²) in [7, 11) is 3.17. The molecule has 1 N–H and O–H groups in total. The second-order valence-electron chi connectivity index (χ2n) is 10.1. The Morgan fingerprint density at radius 3 is 2.71 bits per heavy atom. The highest BCUT2D eigenvalue weighted by Crippen LogP contribution is 2.41. The molecule has 2 aromatic carbocycles. The van der Waals surface area contributed by atoms with Gasteiger partial charge in [0.2, 0.25) is 5.95 Å². The average molecular weight is 573 g/mol. The van der Waals surface area contributed by atoms with Gasteiger partial charge in [-0.15, -0.1) is 10.2 Å². The van der Waals surface area contributed by atoms with E-state index >= 15 is 0 Å². The van der Waals surface area contributed by atoms with Crippen molar-refractivity contribution in [3.63, 3.8) is 0 Å². The average Bonchev–Trinajstić information content (AvgIpc) is 3.52. The first-order chi connectivity index (χ1) is 20.1. The molecule has 7 rings (SSSR count). The standard InChI is InChI=1S/C29H29ClN8O3/c1-39-22-12-23(26(30)25(13-22)40-2)24-11-18-14-31-29(34-27(18)38-17-32-35-28(24)38)33-19-3-5-20(6-4-19)37-8-7-36-9-10-41-16-21(36)15-37/h3-6,11-14,17,21H,7-10,15-16H2,1-2H3,(H,31,33,34)/t21-/m0/s1. The van der Waals surface area contributed by atoms with Crippen LogP contribution in [-0.4, -0.2) is 89.1 Å². The minimum atomic E-state index is 0.453. The molecule has 2 saturated heterocycles. The number of methoxy groups -OCH3 is 2. The van der Waals surface area contributed by atoms with Gasteiger partial charge < -0.3 is 24.4 Å². The Kier molecular flexibility index (Phi) is 6.69. The van der Waals surface area contributed by atoms with Crippen LogP contribution in [0.4, 0.5) is 17.3 Å². The van der Waals surface area contributed by atoms with E-state index in [4.69, 9.17) is 30.8 Å². The quantitative estimate of drug-likeness (QED) is 0.317. The van der Waals surface area contributed by atoms with E-state index in [0.29, 0.717) is 45.4 Å². The van der Waals surface area contributed by atoms with Crippen molar-refractivity contribution in [1.29, 1.82) is 0 Å². The molecule has 0 aliphatic carbocycles. The van der Waals surface area contributed by atoms with Crippen molar-refractivity contribution in [3.8, 4) is 22.6 Å². The number of halogens is 1. The van der Waals surface area contributed by atoms with Crippen LogP contribution in [0.3, 0.4) is 0 Å². The number of ether oxygens (including phenoxy) is 3. The maximum absolute atomic E-state index is 6.71. The minimum absolute atomic E-state index is 0.453. The lowest BCUT2D eigenvalue weighted by atomic mass is 10.0. The maximum atomic E-state index is 6.71. The van der Waals surface area contributed by atoms with Gasteiger partial charge in [-0.2, -0.15) is 4.98 Å². The van der Waals surface area contributed by atoms with Gasteiger partial charge in [-0.25, -0.2) is 4.98 Å². The van der Waals surface area contributed by atoms with Crippen molar-refractivity contribution in [2.75, 3.05) is 63.8 Å². The zero-order chi connectivity index (χ0) is 27.9. The van der Waals surface area contributed by atoms with Gasteiger partial charge in [-0.05, 0) is 36.4 Å². The summed E-state index contributed by atoms with van der Waals surface area (Å²) in [4.78, 5) is 14.3. The monoisotopic (exact) mass is 572 g/mol. The minimum Gasteiger partial charge on any atom is -0.497 e. The smallest absolute Gasteiger partial charge is 0.229 e. The maximum Gasteiger partial charge on any atom is 0.229 e. The number of aromatic nitrogens is 5. The van der Waals surface area contributed by atoms with Crippen LogP contribution in [-0.2, 0) is 4.74 Å². The molecule has 2 aliphatic heterocycles. The highest BCUT2D eigenvalue weighted by molar-refractivity contribution is 6.35. The number of nitrogens with zero attached hydrogens (tertiary/aromatic N) is 7. The first-order valence-corrected chi connectivity index (χ1v) is 13.8. The second kappa shape index (κ2) is 10.7. The topological polar surface area (TPSA) is 102 Å². The summed E-state index contributed by atoms with van der Waals surface area (Å²) in [5.41, 5.74) is 4.85. The summed E-state index contributed by atoms with van der Waals surface area (Å²) in [6, 6.07) is 14.4. The van der Waals surface area contributed by atoms with Gasteiger partial charge in [0.25, 0.3) is 0 Å². The van der Waals surface area contributed by atoms with E-state index in [-0.39, 0.29) is 0 Å². The van der Waals surface area contributed by atoms with Crippen LogP contribution in [0.5, 0.6) is 11.5 Å². The number of fused-ring (bicyclic) bond motifs is 4. The van der Waals surface area contributed by atoms with E-state index in [1.165, 1.54) is 5.69 Å². The van der Waals surface area contributed by atoms with Crippen molar-refractivity contribution in [2.45, 2.75) is 6.04 Å². The van der Waals surface area contributed by atoms with Crippen LogP contribution in [0.1, 0.15) is 0 Å². The predicted molar refractivity (Wildman–Crippen MR) is 158 cm³/mol. The Labute approximate surface area is 241 Å². The lowest BCUT2D eigenvalue weighted by molar-refractivity contribution is -0.0116. The number of rotatable bonds is 6. The van der Waals surface area contributed by atoms with Gasteiger partial charge in [0.1, 0.15) is 17.8 Å². The van der Waals surface area contributed by atoms with Crippen LogP contribution in [0, 0.1) is 0 Å². The number of hydrogen-bond acceptors (Lipinski definition) is 10. The zero-order valence-electron chi connectivity index (χ0n) is 22.7. The second-order valence-corrected chi connectivity index (χ2v) is 10.5. The molecule has 3 aromatic heterocycles. The highest BCUT2D eigenvalue weighted by Gasteiger charge is 2.29. The summed E-state index contributed by atoms with van der Waals surface area (Å²) >= 11 is 6.71. The van der Waals surface area contributed by atoms with Gasteiger partial charge in [0, 0.05) is 66.3 Å². The normalized spacial score (nSPS) is 17.5. The molecule has 5 aromatic rings. The third kappa shape index (κ3) is 4.75. The number of anilines is 3. The summed E-state index contributed by atoms with van der Waals surface area (Å²) < 4.78 is 18.5. The van der Waals surface area contributed by atoms with Crippen LogP contribution in [0.15, 0.2) is 55.0 Å². The highest BCUT2D eigenvalue weighted by atomic mass is 35.5. The molecule has 5 heterocycles. The van der Waals surface area contributed by atoms with Crippen molar-refractivity contribution in [3.05, 3.63) is 60.0 Å². The summed E-state index contributed by atoms with van der Waals surface area (Å²) in [6.45, 7) is 5.73. The fraction of sp³-hybridized carbons (Fsp3) is 0.310. The van der Waals surface area contributed by atoms with Gasteiger partial charge in [0.05, 0.1) is 38.5 Å². The molecule has 0 spiro atoms. The zero-order valence-corrected chi connectivity index (χ0v) is 23.5. The molecule has 12 heteroatoms. The summed E-state index contributed by atoms with van der Waals surface area (Å²) in [6.07, 6.45) is 3.41. The molecular weight excluding hydrogens is 544 g/mol. The van der Waals surface area contributed by atoms with Crippen molar-refractivity contribution in [2.24, 2.45) is 0 Å². The molecule has 41 heavy (non-hydrogen) atoms. The lowest BCUT2D eigenvalue weighted by Gasteiger charge is -2.44. The number of morpholine rings is 1. The van der Waals surface area contributed by atoms with E-state index in [0.717, 1.165) is 56.0 Å². The van der Waals surface area contributed by atoms with Gasteiger partial charge >= 0.3 is 0 Å². The molecule has 11 nitrogen and oxygen atoms in total. The van der Waals surface area contributed by atoms with E-state index in [9.17, 15) is 0 Å². The Hall–Kier alpha value is -4.19. The Balaban J connectivity index is 1.17. The van der Waals surface area contributed by atoms with E-state index < -0.39 is 0 Å². The molecule has 2 aliphatic rings. The molecule has 0 amide bonds. The molecule has 0 unspecified atom stereocenters. The molecule has 210 valence electrons. The molecule has 1 atom stereocenters. The Bertz CT molecular complexity index is 1730. The third-order valence-electron chi connectivity index (χ3n) is 7.80. The first-order valence-electron chi connectivity index (χ1n) is 13.5. The molecule has 0 saturated carbocycles. The van der Waals surface area contributed by atoms with Crippen molar-refractivity contribution < 1.29 is 14.2 Å². The van der Waals surface area contributed by atoms with Gasteiger partial charge in [-0.1, -0.05) is 11.6 Å². The summed E-state index contributed by atoms with van der Waals surface area (Å²) in [5, 5.41) is 13.1. The number of nitrogens with one attached hydrogen (secondary N) is 1. The molecule has 0 bridgehead atoms. The largest absolute Gasteiger partial charge is 0.497 e. The lowest BCUT2D eigenvalue weighted by Crippen LogP contribution is -2.58. The summed E-state index contributed by atoms with van der Waals surface area (Å²) in [5.74, 6) is 1.60. The molecule has 0 radical (unpaired) electrons. The number of hydrogen-bond donors (Lipinski definition) is 1. The van der Waals surface area contributed by atoms with Crippen LogP contribution in [0.25, 0.3) is 27.8 Å². The Morgan fingerprint density at radius 1 is 1.00 bits per heavy atom. The number of piperazine rings is 1. The number of benzene rings is 2. The fourth-order valence-corrected chi connectivity index (χ4v) is 5.92. The van der Waals surface area contributed by atoms with E-state index in [2.05, 4.69) is 54.6 Å². The van der Waals surface area contributed by atoms with Crippen LogP contribution < -0.4 is 19.7 Å². The molecular formula is C29H29ClN8O3. The van der Waals surface area contributed by atoms with Crippen LogP contribution >= 0.6 is 11.6 Å². The van der Waals surface area contributed by atoms with E-state index in [1.54, 1.807) is 32.8 Å². The molecule has 2 fully saturated rings. The number of pyridine rings is 1. The van der Waals surface area contributed by atoms with E-state index in [1.807, 2.05) is 16.5 Å². The fourth-order valence-electron chi connectivity index (χ4n) is 5.63. The Morgan fingerprint density at radius 2 is 1.88 bits per heavy atom. The van der Waals surface area contributed by atoms with Crippen molar-refractivity contribution in [1.82, 2.24) is 29.5 Å². The van der Waals surface area contributed by atoms with Gasteiger partial charge in [-0.3, -0.25) is 9.30 Å².